The Kier molecular flexibility index (Phi) is 3.90. The van der Waals surface area contributed by atoms with Gasteiger partial charge >= 0.3 is 0 Å². The molecule has 0 radical (unpaired) electrons. The maximum absolute atomic E-state index is 8.92. The van der Waals surface area contributed by atoms with Gasteiger partial charge < -0.3 is 5.32 Å². The van der Waals surface area contributed by atoms with Crippen molar-refractivity contribution in [2.24, 2.45) is 0 Å². The molecular formula is C14H10BrClN2. The molecule has 2 aromatic carbocycles. The number of rotatable bonds is 2. The Balaban J connectivity index is 2.34. The van der Waals surface area contributed by atoms with E-state index in [1.165, 1.54) is 0 Å². The van der Waals surface area contributed by atoms with Gasteiger partial charge in [-0.05, 0) is 42.8 Å². The molecule has 0 aromatic heterocycles. The van der Waals surface area contributed by atoms with Crippen LogP contribution >= 0.6 is 27.5 Å². The van der Waals surface area contributed by atoms with Crippen LogP contribution in [0.2, 0.25) is 5.02 Å². The van der Waals surface area contributed by atoms with Gasteiger partial charge in [0, 0.05) is 10.2 Å². The van der Waals surface area contributed by atoms with Crippen molar-refractivity contribution in [3.63, 3.8) is 0 Å². The minimum atomic E-state index is 0.593. The van der Waals surface area contributed by atoms with Crippen LogP contribution in [0.5, 0.6) is 0 Å². The van der Waals surface area contributed by atoms with E-state index in [2.05, 4.69) is 27.3 Å². The standard InChI is InChI=1S/C14H10BrClN2/c1-9-2-3-14(13(16)4-9)18-12-6-10(8-17)5-11(15)7-12/h2-7,18H,1H3. The largest absolute Gasteiger partial charge is 0.354 e. The average molecular weight is 322 g/mol. The van der Waals surface area contributed by atoms with Gasteiger partial charge in [-0.2, -0.15) is 5.26 Å². The Hall–Kier alpha value is -1.50. The van der Waals surface area contributed by atoms with E-state index in [-0.39, 0.29) is 0 Å². The monoisotopic (exact) mass is 320 g/mol. The second-order valence-corrected chi connectivity index (χ2v) is 5.27. The molecule has 90 valence electrons. The molecule has 0 aliphatic rings. The summed E-state index contributed by atoms with van der Waals surface area (Å²) in [5.41, 5.74) is 3.35. The second-order valence-electron chi connectivity index (χ2n) is 3.95. The second kappa shape index (κ2) is 5.43. The van der Waals surface area contributed by atoms with E-state index in [1.807, 2.05) is 31.2 Å². The van der Waals surface area contributed by atoms with Gasteiger partial charge in [-0.15, -0.1) is 0 Å². The maximum atomic E-state index is 8.92. The highest BCUT2D eigenvalue weighted by molar-refractivity contribution is 9.10. The van der Waals surface area contributed by atoms with Crippen molar-refractivity contribution >= 4 is 38.9 Å². The summed E-state index contributed by atoms with van der Waals surface area (Å²) in [5.74, 6) is 0. The van der Waals surface area contributed by atoms with Crippen molar-refractivity contribution in [3.8, 4) is 6.07 Å². The van der Waals surface area contributed by atoms with E-state index in [1.54, 1.807) is 12.1 Å². The van der Waals surface area contributed by atoms with Crippen molar-refractivity contribution in [2.75, 3.05) is 5.32 Å². The molecule has 0 atom stereocenters. The van der Waals surface area contributed by atoms with Crippen LogP contribution in [0, 0.1) is 18.3 Å². The number of hydrogen-bond acceptors (Lipinski definition) is 2. The fourth-order valence-corrected chi connectivity index (χ4v) is 2.38. The summed E-state index contributed by atoms with van der Waals surface area (Å²) in [5, 5.41) is 12.8. The SMILES string of the molecule is Cc1ccc(Nc2cc(Br)cc(C#N)c2)c(Cl)c1. The average Bonchev–Trinajstić information content (AvgIpc) is 2.32. The summed E-state index contributed by atoms with van der Waals surface area (Å²) in [7, 11) is 0. The first-order valence-electron chi connectivity index (χ1n) is 5.32. The molecule has 0 bridgehead atoms. The lowest BCUT2D eigenvalue weighted by Gasteiger charge is -2.09. The van der Waals surface area contributed by atoms with E-state index in [4.69, 9.17) is 16.9 Å². The third kappa shape index (κ3) is 3.04. The lowest BCUT2D eigenvalue weighted by molar-refractivity contribution is 1.44. The van der Waals surface area contributed by atoms with Gasteiger partial charge in [0.2, 0.25) is 0 Å². The van der Waals surface area contributed by atoms with Crippen molar-refractivity contribution < 1.29 is 0 Å². The quantitative estimate of drug-likeness (QED) is 0.842. The van der Waals surface area contributed by atoms with Crippen LogP contribution in [0.15, 0.2) is 40.9 Å². The van der Waals surface area contributed by atoms with Gasteiger partial charge in [0.15, 0.2) is 0 Å². The highest BCUT2D eigenvalue weighted by atomic mass is 79.9. The number of hydrogen-bond donors (Lipinski definition) is 1. The number of nitriles is 1. The molecule has 0 saturated heterocycles. The Morgan fingerprint density at radius 1 is 1.22 bits per heavy atom. The number of aryl methyl sites for hydroxylation is 1. The molecule has 0 fully saturated rings. The van der Waals surface area contributed by atoms with Crippen LogP contribution < -0.4 is 5.32 Å². The van der Waals surface area contributed by atoms with E-state index in [0.29, 0.717) is 10.6 Å². The lowest BCUT2D eigenvalue weighted by atomic mass is 10.2. The Morgan fingerprint density at radius 2 is 2.00 bits per heavy atom. The molecular weight excluding hydrogens is 312 g/mol. The van der Waals surface area contributed by atoms with Gasteiger partial charge in [-0.25, -0.2) is 0 Å². The molecule has 0 unspecified atom stereocenters. The molecule has 4 heteroatoms. The van der Waals surface area contributed by atoms with E-state index in [9.17, 15) is 0 Å². The first kappa shape index (κ1) is 12.9. The zero-order chi connectivity index (χ0) is 13.1. The molecule has 0 aliphatic heterocycles. The molecule has 2 nitrogen and oxygen atoms in total. The van der Waals surface area contributed by atoms with Crippen LogP contribution in [0.3, 0.4) is 0 Å². The molecule has 0 saturated carbocycles. The predicted octanol–water partition coefficient (Wildman–Crippen LogP) is 5.03. The van der Waals surface area contributed by atoms with Crippen LogP contribution in [0.1, 0.15) is 11.1 Å². The Bertz CT molecular complexity index is 632. The summed E-state index contributed by atoms with van der Waals surface area (Å²) >= 11 is 9.53. The summed E-state index contributed by atoms with van der Waals surface area (Å²) in [4.78, 5) is 0. The minimum Gasteiger partial charge on any atom is -0.354 e. The van der Waals surface area contributed by atoms with Gasteiger partial charge in [-0.3, -0.25) is 0 Å². The van der Waals surface area contributed by atoms with Crippen LogP contribution in [0.25, 0.3) is 0 Å². The fraction of sp³-hybridized carbons (Fsp3) is 0.0714. The molecule has 2 rings (SSSR count). The molecule has 0 heterocycles. The minimum absolute atomic E-state index is 0.593. The van der Waals surface area contributed by atoms with Gasteiger partial charge in [0.25, 0.3) is 0 Å². The molecule has 0 aliphatic carbocycles. The van der Waals surface area contributed by atoms with E-state index < -0.39 is 0 Å². The molecule has 1 N–H and O–H groups in total. The van der Waals surface area contributed by atoms with Crippen LogP contribution in [-0.2, 0) is 0 Å². The lowest BCUT2D eigenvalue weighted by Crippen LogP contribution is -1.92. The topological polar surface area (TPSA) is 35.8 Å². The summed E-state index contributed by atoms with van der Waals surface area (Å²) in [6.07, 6.45) is 0. The highest BCUT2D eigenvalue weighted by Crippen LogP contribution is 2.28. The first-order chi connectivity index (χ1) is 8.58. The number of anilines is 2. The normalized spacial score (nSPS) is 9.89. The summed E-state index contributed by atoms with van der Waals surface area (Å²) < 4.78 is 0.854. The van der Waals surface area contributed by atoms with Crippen molar-refractivity contribution in [2.45, 2.75) is 6.92 Å². The Labute approximate surface area is 119 Å². The van der Waals surface area contributed by atoms with Crippen LogP contribution in [-0.4, -0.2) is 0 Å². The number of benzene rings is 2. The van der Waals surface area contributed by atoms with Crippen molar-refractivity contribution in [1.29, 1.82) is 5.26 Å². The molecule has 0 spiro atoms. The highest BCUT2D eigenvalue weighted by Gasteiger charge is 2.03. The smallest absolute Gasteiger partial charge is 0.0992 e. The predicted molar refractivity (Wildman–Crippen MR) is 78.3 cm³/mol. The molecule has 2 aromatic rings. The fourth-order valence-electron chi connectivity index (χ4n) is 1.60. The number of nitrogens with zero attached hydrogens (tertiary/aromatic N) is 1. The molecule has 18 heavy (non-hydrogen) atoms. The zero-order valence-corrected chi connectivity index (χ0v) is 12.0. The van der Waals surface area contributed by atoms with E-state index in [0.717, 1.165) is 21.4 Å². The summed E-state index contributed by atoms with van der Waals surface area (Å²) in [6, 6.07) is 13.4. The third-order valence-corrected chi connectivity index (χ3v) is 3.20. The third-order valence-electron chi connectivity index (χ3n) is 2.43. The Morgan fingerprint density at radius 3 is 2.67 bits per heavy atom. The van der Waals surface area contributed by atoms with E-state index >= 15 is 0 Å². The molecule has 0 amide bonds. The maximum Gasteiger partial charge on any atom is 0.0992 e. The van der Waals surface area contributed by atoms with Crippen LogP contribution in [0.4, 0.5) is 11.4 Å². The summed E-state index contributed by atoms with van der Waals surface area (Å²) in [6.45, 7) is 1.99. The first-order valence-corrected chi connectivity index (χ1v) is 6.49. The zero-order valence-electron chi connectivity index (χ0n) is 9.67. The number of halogens is 2. The van der Waals surface area contributed by atoms with Gasteiger partial charge in [-0.1, -0.05) is 33.6 Å². The number of nitrogens with one attached hydrogen (secondary N) is 1. The van der Waals surface area contributed by atoms with Gasteiger partial charge in [0.05, 0.1) is 22.3 Å². The van der Waals surface area contributed by atoms with Crippen molar-refractivity contribution in [3.05, 3.63) is 57.0 Å². The van der Waals surface area contributed by atoms with Gasteiger partial charge in [0.1, 0.15) is 0 Å². The van der Waals surface area contributed by atoms with Crippen molar-refractivity contribution in [1.82, 2.24) is 0 Å².